The van der Waals surface area contributed by atoms with Gasteiger partial charge in [0.2, 0.25) is 0 Å². The summed E-state index contributed by atoms with van der Waals surface area (Å²) in [5.74, 6) is 0.933. The molecule has 1 aliphatic carbocycles. The highest BCUT2D eigenvalue weighted by Gasteiger charge is 2.37. The van der Waals surface area contributed by atoms with Gasteiger partial charge in [-0.15, -0.1) is 0 Å². The Kier molecular flexibility index (Phi) is 8.44. The Morgan fingerprint density at radius 3 is 1.84 bits per heavy atom. The molecule has 272 valence electrons. The summed E-state index contributed by atoms with van der Waals surface area (Å²) >= 11 is 0. The molecular formula is C55H46O. The molecule has 0 spiro atoms. The van der Waals surface area contributed by atoms with E-state index in [1.54, 1.807) is 0 Å². The summed E-state index contributed by atoms with van der Waals surface area (Å²) in [5.41, 5.74) is 16.8. The predicted molar refractivity (Wildman–Crippen MR) is 244 cm³/mol. The fraction of sp³-hybridized carbons (Fsp3) is 0.127. The highest BCUT2D eigenvalue weighted by Crippen LogP contribution is 2.53. The van der Waals surface area contributed by atoms with E-state index in [9.17, 15) is 0 Å². The van der Waals surface area contributed by atoms with E-state index >= 15 is 0 Å². The Balaban J connectivity index is 1.15. The topological polar surface area (TPSA) is 13.1 Å². The van der Waals surface area contributed by atoms with Gasteiger partial charge in [0.05, 0.1) is 0 Å². The Morgan fingerprint density at radius 1 is 0.571 bits per heavy atom. The van der Waals surface area contributed by atoms with Crippen LogP contribution in [0.25, 0.3) is 107 Å². The minimum Gasteiger partial charge on any atom is -0.456 e. The van der Waals surface area contributed by atoms with Crippen LogP contribution in [0, 0.1) is 6.92 Å². The van der Waals surface area contributed by atoms with E-state index in [1.807, 2.05) is 25.2 Å². The molecule has 1 heterocycles. The molecule has 0 fully saturated rings. The van der Waals surface area contributed by atoms with Crippen LogP contribution in [-0.4, -0.2) is 0 Å². The first-order chi connectivity index (χ1) is 27.2. The number of allylic oxidation sites excluding steroid dienone is 1. The highest BCUT2D eigenvalue weighted by atomic mass is 16.3. The summed E-state index contributed by atoms with van der Waals surface area (Å²) in [7, 11) is 0. The standard InChI is InChI=1S/C55H46O/c1-9-17-50-33(6)46-32-47-39(31-51(46)56-50)24-26-45-48-30-38(25-27-49(48)55(7,8)54(45)47)36-20-21-37-29-40(23-22-35(37)28-36)53-43(12-4)41(10-2)52(34-18-15-14-16-19-34)42(11-3)44(53)13-5/h9-32H,2,4H2,1,3,5-8H3/b17-9-,42-11+,44-13+. The van der Waals surface area contributed by atoms with Crippen LogP contribution < -0.4 is 10.4 Å². The number of rotatable bonds is 6. The molecule has 7 aromatic carbocycles. The maximum Gasteiger partial charge on any atom is 0.135 e. The van der Waals surface area contributed by atoms with Gasteiger partial charge in [0.15, 0.2) is 0 Å². The molecule has 0 unspecified atom stereocenters. The van der Waals surface area contributed by atoms with Crippen molar-refractivity contribution in [3.63, 3.8) is 0 Å². The van der Waals surface area contributed by atoms with Gasteiger partial charge in [0, 0.05) is 16.4 Å². The number of hydrogen-bond donors (Lipinski definition) is 0. The highest BCUT2D eigenvalue weighted by molar-refractivity contribution is 6.05. The molecule has 0 atom stereocenters. The van der Waals surface area contributed by atoms with E-state index in [2.05, 4.69) is 175 Å². The van der Waals surface area contributed by atoms with E-state index in [1.165, 1.54) is 98.6 Å². The zero-order valence-corrected chi connectivity index (χ0v) is 33.2. The maximum absolute atomic E-state index is 6.27. The first kappa shape index (κ1) is 35.3. The molecule has 0 aliphatic heterocycles. The first-order valence-electron chi connectivity index (χ1n) is 19.7. The van der Waals surface area contributed by atoms with Crippen LogP contribution in [0.5, 0.6) is 0 Å². The Bertz CT molecular complexity index is 3110. The maximum atomic E-state index is 6.27. The number of hydrogen-bond acceptors (Lipinski definition) is 1. The van der Waals surface area contributed by atoms with Crippen LogP contribution in [0.4, 0.5) is 0 Å². The molecule has 8 aromatic rings. The summed E-state index contributed by atoms with van der Waals surface area (Å²) in [6.07, 6.45) is 12.5. The van der Waals surface area contributed by atoms with E-state index in [-0.39, 0.29) is 5.41 Å². The van der Waals surface area contributed by atoms with Crippen molar-refractivity contribution in [1.29, 1.82) is 0 Å². The summed E-state index contributed by atoms with van der Waals surface area (Å²) in [5, 5.41) is 8.54. The van der Waals surface area contributed by atoms with E-state index in [4.69, 9.17) is 4.42 Å². The van der Waals surface area contributed by atoms with Gasteiger partial charge in [-0.1, -0.05) is 136 Å². The molecule has 0 N–H and O–H groups in total. The van der Waals surface area contributed by atoms with Crippen molar-refractivity contribution in [3.8, 4) is 44.5 Å². The van der Waals surface area contributed by atoms with Crippen molar-refractivity contribution in [2.24, 2.45) is 0 Å². The van der Waals surface area contributed by atoms with Crippen molar-refractivity contribution >= 4 is 62.9 Å². The Hall–Kier alpha value is -6.44. The number of aryl methyl sites for hydroxylation is 1. The molecular weight excluding hydrogens is 677 g/mol. The lowest BCUT2D eigenvalue weighted by atomic mass is 9.80. The lowest BCUT2D eigenvalue weighted by Gasteiger charge is -2.23. The molecule has 56 heavy (non-hydrogen) atoms. The summed E-state index contributed by atoms with van der Waals surface area (Å²) < 4.78 is 6.27. The number of benzene rings is 7. The zero-order chi connectivity index (χ0) is 38.9. The average Bonchev–Trinajstić information content (AvgIpc) is 3.66. The third-order valence-corrected chi connectivity index (χ3v) is 12.2. The van der Waals surface area contributed by atoms with E-state index < -0.39 is 0 Å². The minimum absolute atomic E-state index is 0.140. The fourth-order valence-electron chi connectivity index (χ4n) is 9.55. The molecule has 0 radical (unpaired) electrons. The molecule has 0 saturated heterocycles. The van der Waals surface area contributed by atoms with Gasteiger partial charge in [-0.05, 0) is 163 Å². The van der Waals surface area contributed by atoms with Gasteiger partial charge in [0.1, 0.15) is 11.3 Å². The van der Waals surface area contributed by atoms with Crippen LogP contribution in [0.2, 0.25) is 0 Å². The van der Waals surface area contributed by atoms with Crippen LogP contribution in [0.15, 0.2) is 133 Å². The Morgan fingerprint density at radius 2 is 1.18 bits per heavy atom. The monoisotopic (exact) mass is 722 g/mol. The largest absolute Gasteiger partial charge is 0.456 e. The van der Waals surface area contributed by atoms with Crippen molar-refractivity contribution in [2.45, 2.75) is 47.0 Å². The molecule has 1 heteroatoms. The Labute approximate surface area is 330 Å². The predicted octanol–water partition coefficient (Wildman–Crippen LogP) is 14.3. The number of furan rings is 1. The van der Waals surface area contributed by atoms with Crippen LogP contribution >= 0.6 is 0 Å². The molecule has 9 rings (SSSR count). The molecule has 1 aliphatic rings. The third kappa shape index (κ3) is 5.22. The quantitative estimate of drug-likeness (QED) is 0.167. The number of fused-ring (bicyclic) bond motifs is 7. The van der Waals surface area contributed by atoms with Crippen LogP contribution in [-0.2, 0) is 5.41 Å². The van der Waals surface area contributed by atoms with E-state index in [0.717, 1.165) is 22.5 Å². The first-order valence-corrected chi connectivity index (χ1v) is 19.7. The zero-order valence-electron chi connectivity index (χ0n) is 33.2. The van der Waals surface area contributed by atoms with Gasteiger partial charge < -0.3 is 4.42 Å². The van der Waals surface area contributed by atoms with E-state index in [0.29, 0.717) is 0 Å². The minimum atomic E-state index is -0.140. The molecule has 0 bridgehead atoms. The van der Waals surface area contributed by atoms with Gasteiger partial charge in [0.25, 0.3) is 0 Å². The van der Waals surface area contributed by atoms with Gasteiger partial charge in [-0.2, -0.15) is 0 Å². The molecule has 0 amide bonds. The lowest BCUT2D eigenvalue weighted by Crippen LogP contribution is -2.31. The molecule has 1 aromatic heterocycles. The molecule has 1 nitrogen and oxygen atoms in total. The summed E-state index contributed by atoms with van der Waals surface area (Å²) in [4.78, 5) is 0. The average molecular weight is 723 g/mol. The third-order valence-electron chi connectivity index (χ3n) is 12.2. The SMILES string of the molecule is C=Cc1c(C=C)c(-c2ccc3cc(-c4ccc5c(c4)-c4ccc6cc7oc(/C=C\C)c(C)c7cc6c4C5(C)C)ccc3c2)c(=C/C)/c(=C\C)c1-c1ccccc1. The fourth-order valence-corrected chi connectivity index (χ4v) is 9.55. The van der Waals surface area contributed by atoms with Gasteiger partial charge in [-0.25, -0.2) is 0 Å². The van der Waals surface area contributed by atoms with Crippen LogP contribution in [0.3, 0.4) is 0 Å². The van der Waals surface area contributed by atoms with Crippen molar-refractivity contribution < 1.29 is 4.42 Å². The summed E-state index contributed by atoms with van der Waals surface area (Å²) in [6.45, 7) is 21.8. The second-order valence-electron chi connectivity index (χ2n) is 15.6. The lowest BCUT2D eigenvalue weighted by molar-refractivity contribution is 0.601. The normalized spacial score (nSPS) is 14.0. The smallest absolute Gasteiger partial charge is 0.135 e. The molecule has 0 saturated carbocycles. The van der Waals surface area contributed by atoms with Crippen molar-refractivity contribution in [2.75, 3.05) is 0 Å². The van der Waals surface area contributed by atoms with Gasteiger partial charge >= 0.3 is 0 Å². The van der Waals surface area contributed by atoms with Crippen molar-refractivity contribution in [3.05, 3.63) is 172 Å². The van der Waals surface area contributed by atoms with Gasteiger partial charge in [-0.3, -0.25) is 0 Å². The second-order valence-corrected chi connectivity index (χ2v) is 15.6. The van der Waals surface area contributed by atoms with Crippen molar-refractivity contribution in [1.82, 2.24) is 0 Å². The second kappa shape index (κ2) is 13.4. The summed E-state index contributed by atoms with van der Waals surface area (Å²) in [6, 6.07) is 40.6. The van der Waals surface area contributed by atoms with Crippen LogP contribution in [0.1, 0.15) is 68.2 Å².